The Bertz CT molecular complexity index is 649. The van der Waals surface area contributed by atoms with Crippen LogP contribution in [-0.2, 0) is 6.42 Å². The zero-order chi connectivity index (χ0) is 20.7. The van der Waals surface area contributed by atoms with Crippen molar-refractivity contribution in [1.29, 1.82) is 0 Å². The second-order valence-electron chi connectivity index (χ2n) is 7.76. The van der Waals surface area contributed by atoms with Crippen LogP contribution >= 0.6 is 0 Å². The Morgan fingerprint density at radius 1 is 0.655 bits per heavy atom. The summed E-state index contributed by atoms with van der Waals surface area (Å²) in [5.41, 5.74) is 1.36. The molecule has 0 spiro atoms. The van der Waals surface area contributed by atoms with E-state index in [9.17, 15) is 0 Å². The first-order valence-electron chi connectivity index (χ1n) is 11.3. The van der Waals surface area contributed by atoms with Crippen molar-refractivity contribution in [1.82, 2.24) is 0 Å². The second-order valence-corrected chi connectivity index (χ2v) is 7.76. The quantitative estimate of drug-likeness (QED) is 0.229. The molecule has 0 aliphatic rings. The summed E-state index contributed by atoms with van der Waals surface area (Å²) in [7, 11) is 0. The van der Waals surface area contributed by atoms with Crippen molar-refractivity contribution in [2.45, 2.75) is 84.7 Å². The van der Waals surface area contributed by atoms with Gasteiger partial charge < -0.3 is 14.2 Å². The highest BCUT2D eigenvalue weighted by atomic mass is 16.7. The summed E-state index contributed by atoms with van der Waals surface area (Å²) in [6, 6.07) is 16.1. The van der Waals surface area contributed by atoms with Gasteiger partial charge in [0.05, 0.1) is 6.10 Å². The summed E-state index contributed by atoms with van der Waals surface area (Å²) < 4.78 is 17.4. The average Bonchev–Trinajstić information content (AvgIpc) is 2.74. The molecule has 3 heteroatoms. The minimum Gasteiger partial charge on any atom is -0.491 e. The van der Waals surface area contributed by atoms with Gasteiger partial charge in [-0.05, 0) is 74.6 Å². The molecule has 0 radical (unpaired) electrons. The van der Waals surface area contributed by atoms with Gasteiger partial charge >= 0.3 is 0 Å². The third-order valence-corrected chi connectivity index (χ3v) is 5.07. The molecule has 2 aromatic carbocycles. The summed E-state index contributed by atoms with van der Waals surface area (Å²) in [5.74, 6) is 2.50. The molecule has 2 rings (SSSR count). The van der Waals surface area contributed by atoms with Crippen LogP contribution in [0.2, 0.25) is 0 Å². The second kappa shape index (κ2) is 13.9. The third-order valence-electron chi connectivity index (χ3n) is 5.07. The SMILES string of the molecule is CCCCCCC(C)Oc1ccc(OCOc2ccc(CCCCC)cc2)cc1. The van der Waals surface area contributed by atoms with Gasteiger partial charge in [-0.2, -0.15) is 0 Å². The van der Waals surface area contributed by atoms with Crippen LogP contribution in [0.3, 0.4) is 0 Å². The Morgan fingerprint density at radius 2 is 1.21 bits per heavy atom. The zero-order valence-corrected chi connectivity index (χ0v) is 18.5. The topological polar surface area (TPSA) is 27.7 Å². The van der Waals surface area contributed by atoms with Crippen LogP contribution in [-0.4, -0.2) is 12.9 Å². The molecule has 0 bridgehead atoms. The highest BCUT2D eigenvalue weighted by Gasteiger charge is 2.04. The summed E-state index contributed by atoms with van der Waals surface area (Å²) in [5, 5.41) is 0. The highest BCUT2D eigenvalue weighted by Crippen LogP contribution is 2.21. The Morgan fingerprint density at radius 3 is 1.83 bits per heavy atom. The summed E-state index contributed by atoms with van der Waals surface area (Å²) in [6.45, 7) is 6.80. The molecule has 1 atom stereocenters. The van der Waals surface area contributed by atoms with E-state index in [2.05, 4.69) is 32.9 Å². The van der Waals surface area contributed by atoms with Gasteiger partial charge in [-0.25, -0.2) is 0 Å². The molecule has 0 fully saturated rings. The van der Waals surface area contributed by atoms with Gasteiger partial charge in [-0.15, -0.1) is 0 Å². The largest absolute Gasteiger partial charge is 0.491 e. The molecule has 1 unspecified atom stereocenters. The highest BCUT2D eigenvalue weighted by molar-refractivity contribution is 5.31. The van der Waals surface area contributed by atoms with Crippen molar-refractivity contribution < 1.29 is 14.2 Å². The zero-order valence-electron chi connectivity index (χ0n) is 18.5. The average molecular weight is 399 g/mol. The number of benzene rings is 2. The van der Waals surface area contributed by atoms with Gasteiger partial charge in [0.25, 0.3) is 0 Å². The fraction of sp³-hybridized carbons (Fsp3) is 0.538. The van der Waals surface area contributed by atoms with Crippen molar-refractivity contribution >= 4 is 0 Å². The lowest BCUT2D eigenvalue weighted by Crippen LogP contribution is -2.11. The van der Waals surface area contributed by atoms with E-state index >= 15 is 0 Å². The van der Waals surface area contributed by atoms with E-state index < -0.39 is 0 Å². The van der Waals surface area contributed by atoms with Crippen LogP contribution in [0.4, 0.5) is 0 Å². The fourth-order valence-electron chi connectivity index (χ4n) is 3.26. The normalized spacial score (nSPS) is 11.8. The molecule has 3 nitrogen and oxygen atoms in total. The first-order chi connectivity index (χ1) is 14.2. The van der Waals surface area contributed by atoms with Crippen LogP contribution in [0, 0.1) is 0 Å². The first kappa shape index (κ1) is 23.1. The van der Waals surface area contributed by atoms with E-state index in [1.54, 1.807) is 0 Å². The number of hydrogen-bond donors (Lipinski definition) is 0. The van der Waals surface area contributed by atoms with Gasteiger partial charge in [0.2, 0.25) is 6.79 Å². The summed E-state index contributed by atoms with van der Waals surface area (Å²) in [6.07, 6.45) is 11.4. The van der Waals surface area contributed by atoms with Crippen molar-refractivity contribution in [3.05, 3.63) is 54.1 Å². The molecular formula is C26H38O3. The molecule has 0 aliphatic heterocycles. The van der Waals surface area contributed by atoms with Gasteiger partial charge in [0, 0.05) is 0 Å². The number of aryl methyl sites for hydroxylation is 1. The van der Waals surface area contributed by atoms with E-state index in [1.807, 2.05) is 36.4 Å². The van der Waals surface area contributed by atoms with E-state index in [1.165, 1.54) is 50.5 Å². The monoisotopic (exact) mass is 398 g/mol. The van der Waals surface area contributed by atoms with Gasteiger partial charge in [-0.1, -0.05) is 58.1 Å². The van der Waals surface area contributed by atoms with E-state index in [0.29, 0.717) is 0 Å². The van der Waals surface area contributed by atoms with E-state index in [0.717, 1.165) is 30.1 Å². The molecule has 0 saturated heterocycles. The molecule has 0 aromatic heterocycles. The molecule has 160 valence electrons. The fourth-order valence-corrected chi connectivity index (χ4v) is 3.26. The van der Waals surface area contributed by atoms with Crippen LogP contribution in [0.1, 0.15) is 77.7 Å². The van der Waals surface area contributed by atoms with E-state index in [-0.39, 0.29) is 12.9 Å². The standard InChI is InChI=1S/C26H38O3/c1-4-6-8-10-11-22(3)29-26-19-17-25(18-20-26)28-21-27-24-15-13-23(14-16-24)12-9-7-5-2/h13-20,22H,4-12,21H2,1-3H3. The Labute approximate surface area is 177 Å². The Balaban J connectivity index is 1.66. The first-order valence-corrected chi connectivity index (χ1v) is 11.3. The number of hydrogen-bond acceptors (Lipinski definition) is 3. The minimum atomic E-state index is 0.198. The van der Waals surface area contributed by atoms with Crippen LogP contribution in [0.15, 0.2) is 48.5 Å². The maximum Gasteiger partial charge on any atom is 0.230 e. The molecule has 29 heavy (non-hydrogen) atoms. The molecule has 0 aliphatic carbocycles. The number of rotatable bonds is 15. The Kier molecular flexibility index (Phi) is 11.1. The van der Waals surface area contributed by atoms with Crippen molar-refractivity contribution in [2.24, 2.45) is 0 Å². The molecule has 0 N–H and O–H groups in total. The molecular weight excluding hydrogens is 360 g/mol. The van der Waals surface area contributed by atoms with E-state index in [4.69, 9.17) is 14.2 Å². The lowest BCUT2D eigenvalue weighted by molar-refractivity contribution is 0.119. The summed E-state index contributed by atoms with van der Waals surface area (Å²) >= 11 is 0. The molecule has 2 aromatic rings. The number of unbranched alkanes of at least 4 members (excludes halogenated alkanes) is 5. The maximum atomic E-state index is 5.98. The predicted molar refractivity (Wildman–Crippen MR) is 121 cm³/mol. The molecule has 0 amide bonds. The lowest BCUT2D eigenvalue weighted by atomic mass is 10.1. The van der Waals surface area contributed by atoms with Crippen LogP contribution in [0.5, 0.6) is 17.2 Å². The van der Waals surface area contributed by atoms with Gasteiger partial charge in [-0.3, -0.25) is 0 Å². The molecule has 0 heterocycles. The van der Waals surface area contributed by atoms with Crippen LogP contribution in [0.25, 0.3) is 0 Å². The summed E-state index contributed by atoms with van der Waals surface area (Å²) in [4.78, 5) is 0. The Hall–Kier alpha value is -2.16. The van der Waals surface area contributed by atoms with Crippen molar-refractivity contribution in [3.8, 4) is 17.2 Å². The minimum absolute atomic E-state index is 0.198. The maximum absolute atomic E-state index is 5.98. The number of ether oxygens (including phenoxy) is 3. The predicted octanol–water partition coefficient (Wildman–Crippen LogP) is 7.57. The lowest BCUT2D eigenvalue weighted by Gasteiger charge is -2.15. The van der Waals surface area contributed by atoms with Crippen molar-refractivity contribution in [2.75, 3.05) is 6.79 Å². The van der Waals surface area contributed by atoms with Gasteiger partial charge in [0.1, 0.15) is 17.2 Å². The smallest absolute Gasteiger partial charge is 0.230 e. The van der Waals surface area contributed by atoms with Gasteiger partial charge in [0.15, 0.2) is 0 Å². The third kappa shape index (κ3) is 9.74. The van der Waals surface area contributed by atoms with Crippen LogP contribution < -0.4 is 14.2 Å². The molecule has 0 saturated carbocycles. The van der Waals surface area contributed by atoms with Crippen molar-refractivity contribution in [3.63, 3.8) is 0 Å².